The number of aromatic nitrogens is 2. The van der Waals surface area contributed by atoms with Gasteiger partial charge in [-0.15, -0.1) is 11.8 Å². The smallest absolute Gasteiger partial charge is 0.328 e. The van der Waals surface area contributed by atoms with Gasteiger partial charge in [0.15, 0.2) is 5.60 Å². The number of aliphatic hydroxyl groups is 1. The van der Waals surface area contributed by atoms with E-state index in [4.69, 9.17) is 14.2 Å². The molecule has 2 aliphatic heterocycles. The Balaban J connectivity index is 2.02. The zero-order valence-corrected chi connectivity index (χ0v) is 27.6. The van der Waals surface area contributed by atoms with Crippen molar-refractivity contribution >= 4 is 29.5 Å². The molecular formula is C31H48N2O9S. The Morgan fingerprint density at radius 2 is 1.72 bits per heavy atom. The van der Waals surface area contributed by atoms with E-state index in [1.54, 1.807) is 34.8 Å². The van der Waals surface area contributed by atoms with Crippen molar-refractivity contribution in [2.45, 2.75) is 110 Å². The molecule has 0 amide bonds. The molecular weight excluding hydrogens is 576 g/mol. The van der Waals surface area contributed by atoms with Crippen LogP contribution in [0.5, 0.6) is 0 Å². The zero-order valence-electron chi connectivity index (χ0n) is 26.8. The van der Waals surface area contributed by atoms with Gasteiger partial charge in [-0.2, -0.15) is 0 Å². The third-order valence-corrected chi connectivity index (χ3v) is 10.8. The Kier molecular flexibility index (Phi) is 11.2. The molecule has 43 heavy (non-hydrogen) atoms. The van der Waals surface area contributed by atoms with Crippen molar-refractivity contribution in [3.63, 3.8) is 0 Å². The number of ketones is 1. The summed E-state index contributed by atoms with van der Waals surface area (Å²) < 4.78 is 19.3. The summed E-state index contributed by atoms with van der Waals surface area (Å²) in [6.07, 6.45) is 0.758. The number of aryl methyl sites for hydroxylation is 2. The number of rotatable bonds is 6. The van der Waals surface area contributed by atoms with Gasteiger partial charge in [-0.3, -0.25) is 28.7 Å². The molecule has 3 rings (SSSR count). The lowest BCUT2D eigenvalue weighted by Crippen LogP contribution is -2.53. The number of ether oxygens (including phenoxy) is 3. The predicted octanol–water partition coefficient (Wildman–Crippen LogP) is 2.87. The van der Waals surface area contributed by atoms with Crippen LogP contribution in [0.3, 0.4) is 0 Å². The highest BCUT2D eigenvalue weighted by Gasteiger charge is 2.61. The van der Waals surface area contributed by atoms with Crippen LogP contribution in [-0.4, -0.2) is 73.9 Å². The van der Waals surface area contributed by atoms with Crippen LogP contribution in [0.25, 0.3) is 0 Å². The number of Topliss-reactive ketones (excluding diaryl/α,β-unsaturated/α-hetero) is 1. The summed E-state index contributed by atoms with van der Waals surface area (Å²) in [7, 11) is 1.58. The number of aromatic amines is 1. The SMILES string of the molecule is CCC1OC(=O)C(C)C(O)C(C)CC(C)(OC)CC(C)C(=O)C(C)C2C(SCCn3cc(C)c(=O)[nH]c3=O)C(=O)OC12C. The number of cyclic esters (lactones) is 1. The highest BCUT2D eigenvalue weighted by Crippen LogP contribution is 2.48. The second-order valence-electron chi connectivity index (χ2n) is 12.9. The topological polar surface area (TPSA) is 154 Å². The molecule has 0 aliphatic carbocycles. The van der Waals surface area contributed by atoms with Crippen LogP contribution in [0.4, 0.5) is 0 Å². The summed E-state index contributed by atoms with van der Waals surface area (Å²) >= 11 is 1.28. The Hall–Kier alpha value is -2.44. The van der Waals surface area contributed by atoms with E-state index in [1.807, 2.05) is 27.7 Å². The summed E-state index contributed by atoms with van der Waals surface area (Å²) in [5.74, 6) is -3.73. The quantitative estimate of drug-likeness (QED) is 0.452. The number of nitrogens with zero attached hydrogens (tertiary/aromatic N) is 1. The van der Waals surface area contributed by atoms with Crippen molar-refractivity contribution in [1.82, 2.24) is 9.55 Å². The van der Waals surface area contributed by atoms with Crippen LogP contribution >= 0.6 is 11.8 Å². The first-order valence-corrected chi connectivity index (χ1v) is 16.2. The summed E-state index contributed by atoms with van der Waals surface area (Å²) in [4.78, 5) is 67.3. The second-order valence-corrected chi connectivity index (χ2v) is 14.2. The number of H-pyrrole nitrogens is 1. The first kappa shape index (κ1) is 35.0. The van der Waals surface area contributed by atoms with E-state index >= 15 is 0 Å². The maximum Gasteiger partial charge on any atom is 0.328 e. The standard InChI is InChI=1S/C31H48N2O9S/c1-10-21-31(8)22(25(28(38)42-31)43-12-11-33-15-18(4)26(36)32-29(33)39)19(5)23(34)16(2)13-30(7,40-9)14-17(3)24(35)20(6)27(37)41-21/h15-17,19-22,24-25,35H,10-14H2,1-9H3,(H,32,36,39). The average Bonchev–Trinajstić information content (AvgIpc) is 3.21. The monoisotopic (exact) mass is 624 g/mol. The van der Waals surface area contributed by atoms with E-state index in [0.717, 1.165) is 0 Å². The van der Waals surface area contributed by atoms with Crippen molar-refractivity contribution in [1.29, 1.82) is 0 Å². The number of methoxy groups -OCH3 is 1. The first-order chi connectivity index (χ1) is 20.0. The summed E-state index contributed by atoms with van der Waals surface area (Å²) in [6, 6.07) is 0. The Morgan fingerprint density at radius 1 is 1.07 bits per heavy atom. The van der Waals surface area contributed by atoms with Gasteiger partial charge in [0, 0.05) is 48.9 Å². The molecule has 1 aromatic rings. The maximum atomic E-state index is 14.1. The molecule has 0 saturated carbocycles. The fourth-order valence-corrected chi connectivity index (χ4v) is 8.43. The predicted molar refractivity (Wildman–Crippen MR) is 163 cm³/mol. The fourth-order valence-electron chi connectivity index (χ4n) is 6.97. The third kappa shape index (κ3) is 7.28. The Bertz CT molecular complexity index is 1310. The van der Waals surface area contributed by atoms with Crippen molar-refractivity contribution in [3.8, 4) is 0 Å². The van der Waals surface area contributed by atoms with Gasteiger partial charge in [-0.1, -0.05) is 27.7 Å². The van der Waals surface area contributed by atoms with Gasteiger partial charge in [-0.05, 0) is 52.9 Å². The molecule has 2 saturated heterocycles. The normalized spacial score (nSPS) is 37.8. The van der Waals surface area contributed by atoms with E-state index in [9.17, 15) is 29.1 Å². The molecule has 10 unspecified atom stereocenters. The van der Waals surface area contributed by atoms with E-state index in [2.05, 4.69) is 4.98 Å². The van der Waals surface area contributed by atoms with Crippen LogP contribution in [0.2, 0.25) is 0 Å². The molecule has 1 aromatic heterocycles. The van der Waals surface area contributed by atoms with E-state index in [1.165, 1.54) is 22.5 Å². The number of hydrogen-bond acceptors (Lipinski definition) is 10. The number of esters is 2. The highest BCUT2D eigenvalue weighted by molar-refractivity contribution is 8.00. The molecule has 242 valence electrons. The van der Waals surface area contributed by atoms with Crippen LogP contribution < -0.4 is 11.2 Å². The average molecular weight is 625 g/mol. The Morgan fingerprint density at radius 3 is 2.33 bits per heavy atom. The molecule has 12 heteroatoms. The van der Waals surface area contributed by atoms with Gasteiger partial charge in [0.1, 0.15) is 17.1 Å². The van der Waals surface area contributed by atoms with Crippen molar-refractivity contribution in [2.75, 3.05) is 12.9 Å². The minimum absolute atomic E-state index is 0.0595. The lowest BCUT2D eigenvalue weighted by molar-refractivity contribution is -0.186. The van der Waals surface area contributed by atoms with Gasteiger partial charge >= 0.3 is 17.6 Å². The highest BCUT2D eigenvalue weighted by atomic mass is 32.2. The minimum Gasteiger partial charge on any atom is -0.458 e. The third-order valence-electron chi connectivity index (χ3n) is 9.55. The molecule has 2 N–H and O–H groups in total. The number of carbonyl (C=O) groups excluding carboxylic acids is 3. The minimum atomic E-state index is -1.32. The molecule has 2 aliphatic rings. The van der Waals surface area contributed by atoms with Crippen LogP contribution in [-0.2, 0) is 35.1 Å². The fraction of sp³-hybridized carbons (Fsp3) is 0.774. The van der Waals surface area contributed by atoms with Crippen molar-refractivity contribution in [2.24, 2.45) is 29.6 Å². The van der Waals surface area contributed by atoms with E-state index in [-0.39, 0.29) is 18.2 Å². The number of thioether (sulfide) groups is 1. The van der Waals surface area contributed by atoms with Gasteiger partial charge in [-0.25, -0.2) is 4.79 Å². The molecule has 0 aromatic carbocycles. The molecule has 11 nitrogen and oxygen atoms in total. The van der Waals surface area contributed by atoms with Gasteiger partial charge in [0.2, 0.25) is 0 Å². The summed E-state index contributed by atoms with van der Waals surface area (Å²) in [6.45, 7) is 14.4. The number of nitrogens with one attached hydrogen (secondary N) is 1. The van der Waals surface area contributed by atoms with Crippen LogP contribution in [0, 0.1) is 36.5 Å². The summed E-state index contributed by atoms with van der Waals surface area (Å²) in [5, 5.41) is 10.3. The van der Waals surface area contributed by atoms with Crippen molar-refractivity contribution < 1.29 is 33.7 Å². The first-order valence-electron chi connectivity index (χ1n) is 15.1. The molecule has 2 fully saturated rings. The molecule has 3 heterocycles. The van der Waals surface area contributed by atoms with Gasteiger partial charge in [0.25, 0.3) is 5.56 Å². The number of hydrogen-bond donors (Lipinski definition) is 2. The number of carbonyl (C=O) groups is 3. The van der Waals surface area contributed by atoms with Gasteiger partial charge in [0.05, 0.1) is 17.6 Å². The molecule has 0 spiro atoms. The number of aliphatic hydroxyl groups excluding tert-OH is 1. The lowest BCUT2D eigenvalue weighted by Gasteiger charge is -2.42. The Labute approximate surface area is 257 Å². The maximum absolute atomic E-state index is 14.1. The molecule has 10 atom stereocenters. The van der Waals surface area contributed by atoms with Crippen LogP contribution in [0.1, 0.15) is 73.3 Å². The summed E-state index contributed by atoms with van der Waals surface area (Å²) in [5.41, 5.74) is -2.66. The molecule has 0 radical (unpaired) electrons. The van der Waals surface area contributed by atoms with Crippen molar-refractivity contribution in [3.05, 3.63) is 32.6 Å². The van der Waals surface area contributed by atoms with Crippen LogP contribution in [0.15, 0.2) is 15.8 Å². The number of fused-ring (bicyclic) bond motifs is 1. The van der Waals surface area contributed by atoms with Gasteiger partial charge < -0.3 is 19.3 Å². The van der Waals surface area contributed by atoms with E-state index in [0.29, 0.717) is 30.6 Å². The largest absolute Gasteiger partial charge is 0.458 e. The van der Waals surface area contributed by atoms with E-state index < -0.39 is 75.5 Å². The second kappa shape index (κ2) is 13.7. The lowest BCUT2D eigenvalue weighted by atomic mass is 9.70. The zero-order chi connectivity index (χ0) is 32.4. The molecule has 0 bridgehead atoms.